The Morgan fingerprint density at radius 2 is 2.17 bits per heavy atom. The molecule has 0 radical (unpaired) electrons. The van der Waals surface area contributed by atoms with Gasteiger partial charge in [-0.15, -0.1) is 0 Å². The zero-order chi connectivity index (χ0) is 8.97. The quantitative estimate of drug-likeness (QED) is 0.684. The predicted octanol–water partition coefficient (Wildman–Crippen LogP) is 1.33. The lowest BCUT2D eigenvalue weighted by Crippen LogP contribution is -2.33. The summed E-state index contributed by atoms with van der Waals surface area (Å²) < 4.78 is 0. The van der Waals surface area contributed by atoms with Gasteiger partial charge in [0.2, 0.25) is 0 Å². The van der Waals surface area contributed by atoms with Crippen LogP contribution in [0.4, 0.5) is 0 Å². The summed E-state index contributed by atoms with van der Waals surface area (Å²) in [4.78, 5) is 2.50. The molecule has 0 amide bonds. The van der Waals surface area contributed by atoms with E-state index in [0.717, 1.165) is 18.5 Å². The smallest absolute Gasteiger partial charge is 0.0130 e. The van der Waals surface area contributed by atoms with Crippen LogP contribution in [0.15, 0.2) is 0 Å². The minimum Gasteiger partial charge on any atom is -0.317 e. The number of hydrogen-bond acceptors (Lipinski definition) is 2. The zero-order valence-corrected chi connectivity index (χ0v) is 8.64. The van der Waals surface area contributed by atoms with Crippen LogP contribution < -0.4 is 5.32 Å². The lowest BCUT2D eigenvalue weighted by atomic mass is 9.98. The molecule has 0 aromatic rings. The zero-order valence-electron chi connectivity index (χ0n) is 8.64. The second kappa shape index (κ2) is 4.83. The fraction of sp³-hybridized carbons (Fsp3) is 1.00. The molecule has 0 unspecified atom stereocenters. The molecule has 0 spiro atoms. The van der Waals surface area contributed by atoms with Crippen molar-refractivity contribution in [3.63, 3.8) is 0 Å². The standard InChI is InChI=1S/C10H22N2/c1-4-10-9(8-11-5-2)6-7-12(10)3/h9-11H,4-8H2,1-3H3/t9-,10+/m1/s1. The lowest BCUT2D eigenvalue weighted by Gasteiger charge is -2.23. The molecular weight excluding hydrogens is 148 g/mol. The van der Waals surface area contributed by atoms with Crippen molar-refractivity contribution in [2.45, 2.75) is 32.7 Å². The lowest BCUT2D eigenvalue weighted by molar-refractivity contribution is 0.260. The number of rotatable bonds is 4. The molecule has 2 atom stereocenters. The highest BCUT2D eigenvalue weighted by Gasteiger charge is 2.29. The molecule has 1 saturated heterocycles. The van der Waals surface area contributed by atoms with Crippen LogP contribution in [0.25, 0.3) is 0 Å². The number of nitrogens with zero attached hydrogens (tertiary/aromatic N) is 1. The topological polar surface area (TPSA) is 15.3 Å². The molecule has 1 fully saturated rings. The minimum absolute atomic E-state index is 0.823. The maximum absolute atomic E-state index is 3.45. The summed E-state index contributed by atoms with van der Waals surface area (Å²) in [6.07, 6.45) is 2.68. The SMILES string of the molecule is CCNC[C@H]1CCN(C)[C@H]1CC. The van der Waals surface area contributed by atoms with Gasteiger partial charge >= 0.3 is 0 Å². The summed E-state index contributed by atoms with van der Waals surface area (Å²) in [5.74, 6) is 0.889. The Kier molecular flexibility index (Phi) is 4.02. The van der Waals surface area contributed by atoms with Crippen molar-refractivity contribution < 1.29 is 0 Å². The molecule has 0 bridgehead atoms. The summed E-state index contributed by atoms with van der Waals surface area (Å²) in [5, 5.41) is 3.45. The monoisotopic (exact) mass is 170 g/mol. The minimum atomic E-state index is 0.823. The van der Waals surface area contributed by atoms with Gasteiger partial charge in [0.1, 0.15) is 0 Å². The first-order valence-electron chi connectivity index (χ1n) is 5.20. The van der Waals surface area contributed by atoms with E-state index in [9.17, 15) is 0 Å². The van der Waals surface area contributed by atoms with Gasteiger partial charge in [0, 0.05) is 6.04 Å². The van der Waals surface area contributed by atoms with E-state index in [4.69, 9.17) is 0 Å². The van der Waals surface area contributed by atoms with Crippen molar-refractivity contribution in [1.29, 1.82) is 0 Å². The van der Waals surface area contributed by atoms with Gasteiger partial charge in [-0.2, -0.15) is 0 Å². The van der Waals surface area contributed by atoms with Gasteiger partial charge in [-0.05, 0) is 45.4 Å². The third kappa shape index (κ3) is 2.20. The summed E-state index contributed by atoms with van der Waals surface area (Å²) in [6.45, 7) is 8.08. The van der Waals surface area contributed by atoms with Gasteiger partial charge in [0.05, 0.1) is 0 Å². The van der Waals surface area contributed by atoms with Crippen molar-refractivity contribution in [3.05, 3.63) is 0 Å². The number of hydrogen-bond donors (Lipinski definition) is 1. The van der Waals surface area contributed by atoms with Crippen LogP contribution in [0.2, 0.25) is 0 Å². The highest BCUT2D eigenvalue weighted by atomic mass is 15.2. The Balaban J connectivity index is 2.32. The van der Waals surface area contributed by atoms with E-state index in [1.807, 2.05) is 0 Å². The van der Waals surface area contributed by atoms with E-state index in [1.165, 1.54) is 25.9 Å². The fourth-order valence-electron chi connectivity index (χ4n) is 2.30. The fourth-order valence-corrected chi connectivity index (χ4v) is 2.30. The van der Waals surface area contributed by atoms with Crippen LogP contribution in [0.5, 0.6) is 0 Å². The molecule has 0 aromatic carbocycles. The van der Waals surface area contributed by atoms with E-state index in [0.29, 0.717) is 0 Å². The Morgan fingerprint density at radius 3 is 2.75 bits per heavy atom. The van der Waals surface area contributed by atoms with Crippen molar-refractivity contribution in [2.75, 3.05) is 26.7 Å². The maximum atomic E-state index is 3.45. The Labute approximate surface area is 76.3 Å². The van der Waals surface area contributed by atoms with Gasteiger partial charge < -0.3 is 10.2 Å². The summed E-state index contributed by atoms with van der Waals surface area (Å²) in [6, 6.07) is 0.823. The molecule has 0 aliphatic carbocycles. The van der Waals surface area contributed by atoms with Crippen LogP contribution >= 0.6 is 0 Å². The third-order valence-corrected chi connectivity index (χ3v) is 3.04. The summed E-state index contributed by atoms with van der Waals surface area (Å²) in [5.41, 5.74) is 0. The van der Waals surface area contributed by atoms with Gasteiger partial charge in [0.15, 0.2) is 0 Å². The Hall–Kier alpha value is -0.0800. The van der Waals surface area contributed by atoms with E-state index >= 15 is 0 Å². The molecule has 1 aliphatic heterocycles. The molecule has 1 rings (SSSR count). The molecule has 1 N–H and O–H groups in total. The molecule has 0 aromatic heterocycles. The molecule has 1 heterocycles. The highest BCUT2D eigenvalue weighted by molar-refractivity contribution is 4.85. The number of nitrogens with one attached hydrogen (secondary N) is 1. The third-order valence-electron chi connectivity index (χ3n) is 3.04. The average Bonchev–Trinajstić information content (AvgIpc) is 2.43. The van der Waals surface area contributed by atoms with Gasteiger partial charge in [-0.25, -0.2) is 0 Å². The molecule has 0 saturated carbocycles. The van der Waals surface area contributed by atoms with Crippen molar-refractivity contribution in [2.24, 2.45) is 5.92 Å². The average molecular weight is 170 g/mol. The first-order valence-corrected chi connectivity index (χ1v) is 5.20. The first-order chi connectivity index (χ1) is 5.79. The second-order valence-electron chi connectivity index (χ2n) is 3.81. The van der Waals surface area contributed by atoms with Crippen LogP contribution in [0.1, 0.15) is 26.7 Å². The largest absolute Gasteiger partial charge is 0.317 e. The van der Waals surface area contributed by atoms with Crippen molar-refractivity contribution in [3.8, 4) is 0 Å². The molecule has 2 nitrogen and oxygen atoms in total. The van der Waals surface area contributed by atoms with Gasteiger partial charge in [-0.1, -0.05) is 13.8 Å². The van der Waals surface area contributed by atoms with Gasteiger partial charge in [0.25, 0.3) is 0 Å². The summed E-state index contributed by atoms with van der Waals surface area (Å²) >= 11 is 0. The van der Waals surface area contributed by atoms with Crippen LogP contribution in [-0.4, -0.2) is 37.6 Å². The van der Waals surface area contributed by atoms with E-state index in [1.54, 1.807) is 0 Å². The molecule has 72 valence electrons. The van der Waals surface area contributed by atoms with Crippen molar-refractivity contribution in [1.82, 2.24) is 10.2 Å². The molecule has 2 heteroatoms. The summed E-state index contributed by atoms with van der Waals surface area (Å²) in [7, 11) is 2.25. The van der Waals surface area contributed by atoms with Crippen LogP contribution in [0, 0.1) is 5.92 Å². The van der Waals surface area contributed by atoms with E-state index in [-0.39, 0.29) is 0 Å². The van der Waals surface area contributed by atoms with Crippen LogP contribution in [0.3, 0.4) is 0 Å². The Bertz CT molecular complexity index is 125. The molecular formula is C10H22N2. The van der Waals surface area contributed by atoms with E-state index < -0.39 is 0 Å². The van der Waals surface area contributed by atoms with Gasteiger partial charge in [-0.3, -0.25) is 0 Å². The van der Waals surface area contributed by atoms with E-state index in [2.05, 4.69) is 31.1 Å². The normalized spacial score (nSPS) is 31.2. The molecule has 12 heavy (non-hydrogen) atoms. The highest BCUT2D eigenvalue weighted by Crippen LogP contribution is 2.24. The first kappa shape index (κ1) is 10.0. The van der Waals surface area contributed by atoms with Crippen LogP contribution in [-0.2, 0) is 0 Å². The predicted molar refractivity (Wildman–Crippen MR) is 53.4 cm³/mol. The Morgan fingerprint density at radius 1 is 1.42 bits per heavy atom. The molecule has 1 aliphatic rings. The second-order valence-corrected chi connectivity index (χ2v) is 3.81. The van der Waals surface area contributed by atoms with Crippen molar-refractivity contribution >= 4 is 0 Å². The number of likely N-dealkylation sites (tertiary alicyclic amines) is 1. The maximum Gasteiger partial charge on any atom is 0.0130 e.